The normalized spacial score (nSPS) is 19.5. The van der Waals surface area contributed by atoms with Gasteiger partial charge in [0.25, 0.3) is 0 Å². The number of nitrogens with zero attached hydrogens (tertiary/aromatic N) is 2. The van der Waals surface area contributed by atoms with Gasteiger partial charge in [0, 0.05) is 36.9 Å². The molecule has 4 heteroatoms. The molecule has 4 nitrogen and oxygen atoms in total. The Bertz CT molecular complexity index is 500. The molecule has 0 radical (unpaired) electrons. The zero-order valence-electron chi connectivity index (χ0n) is 13.7. The van der Waals surface area contributed by atoms with Gasteiger partial charge in [0.1, 0.15) is 0 Å². The number of hydrogen-bond acceptors (Lipinski definition) is 3. The quantitative estimate of drug-likeness (QED) is 0.908. The van der Waals surface area contributed by atoms with Crippen LogP contribution in [0.4, 0.5) is 11.4 Å². The molecule has 1 N–H and O–H groups in total. The SMILES string of the molecule is CN(C)CC1CCN(c2ccc(NC(=O)C3CC3)cc2)CC1. The molecule has 0 aromatic heterocycles. The summed E-state index contributed by atoms with van der Waals surface area (Å²) in [7, 11) is 4.31. The average Bonchev–Trinajstić information content (AvgIpc) is 3.33. The molecule has 1 amide bonds. The van der Waals surface area contributed by atoms with Crippen LogP contribution in [0.5, 0.6) is 0 Å². The van der Waals surface area contributed by atoms with E-state index in [0.717, 1.165) is 37.5 Å². The molecule has 120 valence electrons. The number of carbonyl (C=O) groups is 1. The average molecular weight is 301 g/mol. The molecule has 0 atom stereocenters. The first-order valence-electron chi connectivity index (χ1n) is 8.42. The highest BCUT2D eigenvalue weighted by molar-refractivity contribution is 5.94. The molecule has 1 heterocycles. The number of benzene rings is 1. The minimum atomic E-state index is 0.178. The lowest BCUT2D eigenvalue weighted by atomic mass is 9.96. The second kappa shape index (κ2) is 6.69. The smallest absolute Gasteiger partial charge is 0.227 e. The number of hydrogen-bond donors (Lipinski definition) is 1. The number of amides is 1. The Morgan fingerprint density at radius 2 is 1.77 bits per heavy atom. The molecule has 1 aromatic rings. The molecule has 1 saturated carbocycles. The van der Waals surface area contributed by atoms with Crippen LogP contribution in [-0.2, 0) is 4.79 Å². The van der Waals surface area contributed by atoms with E-state index in [9.17, 15) is 4.79 Å². The number of piperidine rings is 1. The van der Waals surface area contributed by atoms with Crippen LogP contribution in [-0.4, -0.2) is 44.5 Å². The molecule has 0 bridgehead atoms. The van der Waals surface area contributed by atoms with Gasteiger partial charge in [-0.25, -0.2) is 0 Å². The lowest BCUT2D eigenvalue weighted by Gasteiger charge is -2.34. The van der Waals surface area contributed by atoms with Crippen molar-refractivity contribution in [3.05, 3.63) is 24.3 Å². The number of nitrogens with one attached hydrogen (secondary N) is 1. The molecule has 2 fully saturated rings. The standard InChI is InChI=1S/C18H27N3O/c1-20(2)13-14-9-11-21(12-10-14)17-7-5-16(6-8-17)19-18(22)15-3-4-15/h5-8,14-15H,3-4,9-13H2,1-2H3,(H,19,22). The largest absolute Gasteiger partial charge is 0.372 e. The fourth-order valence-corrected chi connectivity index (χ4v) is 3.24. The van der Waals surface area contributed by atoms with Crippen molar-refractivity contribution in [3.8, 4) is 0 Å². The van der Waals surface area contributed by atoms with Gasteiger partial charge in [0.05, 0.1) is 0 Å². The van der Waals surface area contributed by atoms with E-state index in [2.05, 4.69) is 41.3 Å². The van der Waals surface area contributed by atoms with E-state index >= 15 is 0 Å². The van der Waals surface area contributed by atoms with E-state index in [1.165, 1.54) is 25.1 Å². The monoisotopic (exact) mass is 301 g/mol. The minimum absolute atomic E-state index is 0.178. The first kappa shape index (κ1) is 15.3. The third-order valence-corrected chi connectivity index (χ3v) is 4.69. The van der Waals surface area contributed by atoms with Crippen LogP contribution in [0.15, 0.2) is 24.3 Å². The molecule has 3 rings (SSSR count). The minimum Gasteiger partial charge on any atom is -0.372 e. The maximum atomic E-state index is 11.8. The second-order valence-corrected chi connectivity index (χ2v) is 7.00. The maximum Gasteiger partial charge on any atom is 0.227 e. The number of carbonyl (C=O) groups excluding carboxylic acids is 1. The Morgan fingerprint density at radius 3 is 2.32 bits per heavy atom. The van der Waals surface area contributed by atoms with Crippen molar-refractivity contribution in [3.63, 3.8) is 0 Å². The van der Waals surface area contributed by atoms with Gasteiger partial charge in [0.2, 0.25) is 5.91 Å². The maximum absolute atomic E-state index is 11.8. The van der Waals surface area contributed by atoms with E-state index in [1.807, 2.05) is 12.1 Å². The zero-order chi connectivity index (χ0) is 15.5. The number of rotatable bonds is 5. The Morgan fingerprint density at radius 1 is 1.14 bits per heavy atom. The van der Waals surface area contributed by atoms with Gasteiger partial charge in [-0.15, -0.1) is 0 Å². The molecule has 1 saturated heterocycles. The van der Waals surface area contributed by atoms with Gasteiger partial charge in [-0.3, -0.25) is 4.79 Å². The van der Waals surface area contributed by atoms with E-state index in [-0.39, 0.29) is 11.8 Å². The molecule has 2 aliphatic rings. The summed E-state index contributed by atoms with van der Waals surface area (Å²) in [4.78, 5) is 16.5. The summed E-state index contributed by atoms with van der Waals surface area (Å²) in [5.74, 6) is 1.26. The van der Waals surface area contributed by atoms with Crippen molar-refractivity contribution in [2.24, 2.45) is 11.8 Å². The summed E-state index contributed by atoms with van der Waals surface area (Å²) in [6, 6.07) is 8.33. The van der Waals surface area contributed by atoms with E-state index in [0.29, 0.717) is 0 Å². The predicted molar refractivity (Wildman–Crippen MR) is 91.3 cm³/mol. The van der Waals surface area contributed by atoms with Crippen LogP contribution in [0.1, 0.15) is 25.7 Å². The molecular formula is C18H27N3O. The Labute approximate surface area is 133 Å². The third kappa shape index (κ3) is 4.01. The first-order chi connectivity index (χ1) is 10.6. The van der Waals surface area contributed by atoms with Crippen LogP contribution in [0.25, 0.3) is 0 Å². The highest BCUT2D eigenvalue weighted by Crippen LogP contribution is 2.30. The summed E-state index contributed by atoms with van der Waals surface area (Å²) < 4.78 is 0. The first-order valence-corrected chi connectivity index (χ1v) is 8.42. The fourth-order valence-electron chi connectivity index (χ4n) is 3.24. The van der Waals surface area contributed by atoms with Crippen LogP contribution < -0.4 is 10.2 Å². The second-order valence-electron chi connectivity index (χ2n) is 7.00. The summed E-state index contributed by atoms with van der Waals surface area (Å²) in [5.41, 5.74) is 2.19. The van der Waals surface area contributed by atoms with Gasteiger partial charge in [-0.1, -0.05) is 0 Å². The van der Waals surface area contributed by atoms with Crippen molar-refractivity contribution in [1.82, 2.24) is 4.90 Å². The summed E-state index contributed by atoms with van der Waals surface area (Å²) >= 11 is 0. The van der Waals surface area contributed by atoms with Gasteiger partial charge >= 0.3 is 0 Å². The van der Waals surface area contributed by atoms with E-state index < -0.39 is 0 Å². The van der Waals surface area contributed by atoms with Crippen molar-refractivity contribution < 1.29 is 4.79 Å². The molecule has 1 aliphatic carbocycles. The number of anilines is 2. The predicted octanol–water partition coefficient (Wildman–Crippen LogP) is 2.81. The third-order valence-electron chi connectivity index (χ3n) is 4.69. The van der Waals surface area contributed by atoms with Gasteiger partial charge in [-0.05, 0) is 70.0 Å². The van der Waals surface area contributed by atoms with Crippen LogP contribution in [0, 0.1) is 11.8 Å². The lowest BCUT2D eigenvalue weighted by molar-refractivity contribution is -0.117. The highest BCUT2D eigenvalue weighted by Gasteiger charge is 2.29. The van der Waals surface area contributed by atoms with Crippen molar-refractivity contribution in [2.75, 3.05) is 43.9 Å². The van der Waals surface area contributed by atoms with Crippen molar-refractivity contribution in [1.29, 1.82) is 0 Å². The van der Waals surface area contributed by atoms with E-state index in [1.54, 1.807) is 0 Å². The Kier molecular flexibility index (Phi) is 4.67. The zero-order valence-corrected chi connectivity index (χ0v) is 13.7. The summed E-state index contributed by atoms with van der Waals surface area (Å²) in [6.07, 6.45) is 4.62. The fraction of sp³-hybridized carbons (Fsp3) is 0.611. The van der Waals surface area contributed by atoms with Gasteiger partial charge in [0.15, 0.2) is 0 Å². The molecule has 0 unspecified atom stereocenters. The van der Waals surface area contributed by atoms with Crippen molar-refractivity contribution >= 4 is 17.3 Å². The molecule has 1 aliphatic heterocycles. The summed E-state index contributed by atoms with van der Waals surface area (Å²) in [5, 5.41) is 3.00. The topological polar surface area (TPSA) is 35.6 Å². The Balaban J connectivity index is 1.51. The van der Waals surface area contributed by atoms with Crippen LogP contribution in [0.3, 0.4) is 0 Å². The van der Waals surface area contributed by atoms with Gasteiger partial charge in [-0.2, -0.15) is 0 Å². The molecule has 22 heavy (non-hydrogen) atoms. The van der Waals surface area contributed by atoms with E-state index in [4.69, 9.17) is 0 Å². The Hall–Kier alpha value is -1.55. The molecular weight excluding hydrogens is 274 g/mol. The molecule has 0 spiro atoms. The lowest BCUT2D eigenvalue weighted by Crippen LogP contribution is -2.37. The van der Waals surface area contributed by atoms with Crippen LogP contribution >= 0.6 is 0 Å². The van der Waals surface area contributed by atoms with Crippen molar-refractivity contribution in [2.45, 2.75) is 25.7 Å². The highest BCUT2D eigenvalue weighted by atomic mass is 16.2. The van der Waals surface area contributed by atoms with Gasteiger partial charge < -0.3 is 15.1 Å². The van der Waals surface area contributed by atoms with Crippen LogP contribution in [0.2, 0.25) is 0 Å². The summed E-state index contributed by atoms with van der Waals surface area (Å²) in [6.45, 7) is 3.46. The molecule has 1 aromatic carbocycles.